The third kappa shape index (κ3) is 2.25. The van der Waals surface area contributed by atoms with Gasteiger partial charge in [-0.15, -0.1) is 0 Å². The third-order valence-electron chi connectivity index (χ3n) is 2.88. The summed E-state index contributed by atoms with van der Waals surface area (Å²) in [5.41, 5.74) is 5.41. The molecule has 0 radical (unpaired) electrons. The summed E-state index contributed by atoms with van der Waals surface area (Å²) in [6, 6.07) is 12.7. The molecule has 5 heteroatoms. The Morgan fingerprint density at radius 1 is 1.11 bits per heavy atom. The summed E-state index contributed by atoms with van der Waals surface area (Å²) in [6.07, 6.45) is 0. The van der Waals surface area contributed by atoms with Crippen LogP contribution < -0.4 is 5.73 Å². The lowest BCUT2D eigenvalue weighted by Crippen LogP contribution is -2.31. The molecule has 0 aliphatic heterocycles. The summed E-state index contributed by atoms with van der Waals surface area (Å²) in [5.74, 6) is 0. The largest absolute Gasteiger partial charge is 0.329 e. The number of fused-ring (bicyclic) bond motifs is 1. The van der Waals surface area contributed by atoms with Gasteiger partial charge in [0.1, 0.15) is 0 Å². The Balaban J connectivity index is 2.61. The molecular weight excluding hydrogens is 248 g/mol. The number of hydrogen-bond acceptors (Lipinski definition) is 3. The molecule has 18 heavy (non-hydrogen) atoms. The van der Waals surface area contributed by atoms with Crippen LogP contribution in [0.1, 0.15) is 0 Å². The fourth-order valence-electron chi connectivity index (χ4n) is 1.89. The zero-order chi connectivity index (χ0) is 13.2. The summed E-state index contributed by atoms with van der Waals surface area (Å²) < 4.78 is 26.1. The van der Waals surface area contributed by atoms with Gasteiger partial charge in [-0.3, -0.25) is 0 Å². The van der Waals surface area contributed by atoms with Crippen molar-refractivity contribution in [3.63, 3.8) is 0 Å². The van der Waals surface area contributed by atoms with Crippen molar-refractivity contribution in [1.29, 1.82) is 0 Å². The van der Waals surface area contributed by atoms with Gasteiger partial charge in [-0.25, -0.2) is 8.42 Å². The molecule has 0 fully saturated rings. The lowest BCUT2D eigenvalue weighted by atomic mass is 10.1. The molecule has 2 aromatic rings. The van der Waals surface area contributed by atoms with Gasteiger partial charge < -0.3 is 5.73 Å². The highest BCUT2D eigenvalue weighted by Gasteiger charge is 2.21. The van der Waals surface area contributed by atoms with Gasteiger partial charge in [0, 0.05) is 25.5 Å². The van der Waals surface area contributed by atoms with Crippen LogP contribution in [0, 0.1) is 0 Å². The Bertz CT molecular complexity index is 648. The van der Waals surface area contributed by atoms with E-state index in [4.69, 9.17) is 5.73 Å². The van der Waals surface area contributed by atoms with Gasteiger partial charge in [0.2, 0.25) is 10.0 Å². The molecule has 2 aromatic carbocycles. The number of sulfonamides is 1. The first-order valence-electron chi connectivity index (χ1n) is 5.71. The maximum absolute atomic E-state index is 12.4. The Hall–Kier alpha value is -1.43. The Morgan fingerprint density at radius 2 is 1.78 bits per heavy atom. The summed E-state index contributed by atoms with van der Waals surface area (Å²) in [5, 5.41) is 1.66. The van der Waals surface area contributed by atoms with Gasteiger partial charge in [-0.05, 0) is 11.5 Å². The smallest absolute Gasteiger partial charge is 0.243 e. The normalized spacial score (nSPS) is 12.2. The number of likely N-dealkylation sites (N-methyl/N-ethyl adjacent to an activating group) is 1. The van der Waals surface area contributed by atoms with Crippen molar-refractivity contribution in [3.05, 3.63) is 42.5 Å². The lowest BCUT2D eigenvalue weighted by Gasteiger charge is -2.17. The molecule has 2 rings (SSSR count). The predicted molar refractivity (Wildman–Crippen MR) is 72.8 cm³/mol. The second-order valence-corrected chi connectivity index (χ2v) is 6.11. The average molecular weight is 264 g/mol. The van der Waals surface area contributed by atoms with Crippen LogP contribution in [-0.4, -0.2) is 32.9 Å². The summed E-state index contributed by atoms with van der Waals surface area (Å²) in [6.45, 7) is 0.617. The molecule has 0 saturated heterocycles. The molecule has 0 bridgehead atoms. The molecule has 0 unspecified atom stereocenters. The van der Waals surface area contributed by atoms with Crippen molar-refractivity contribution in [1.82, 2.24) is 4.31 Å². The summed E-state index contributed by atoms with van der Waals surface area (Å²) in [4.78, 5) is 0.330. The van der Waals surface area contributed by atoms with Crippen molar-refractivity contribution < 1.29 is 8.42 Å². The van der Waals surface area contributed by atoms with E-state index in [1.165, 1.54) is 4.31 Å². The number of nitrogens with zero attached hydrogens (tertiary/aromatic N) is 1. The van der Waals surface area contributed by atoms with Crippen molar-refractivity contribution in [3.8, 4) is 0 Å². The highest BCUT2D eigenvalue weighted by atomic mass is 32.2. The molecule has 0 spiro atoms. The van der Waals surface area contributed by atoms with E-state index in [1.54, 1.807) is 19.2 Å². The minimum atomic E-state index is -3.47. The summed E-state index contributed by atoms with van der Waals surface area (Å²) in [7, 11) is -1.93. The van der Waals surface area contributed by atoms with Gasteiger partial charge in [0.15, 0.2) is 0 Å². The lowest BCUT2D eigenvalue weighted by molar-refractivity contribution is 0.477. The Morgan fingerprint density at radius 3 is 2.50 bits per heavy atom. The van der Waals surface area contributed by atoms with Gasteiger partial charge >= 0.3 is 0 Å². The van der Waals surface area contributed by atoms with Crippen LogP contribution in [0.4, 0.5) is 0 Å². The van der Waals surface area contributed by atoms with Gasteiger partial charge in [-0.2, -0.15) is 4.31 Å². The van der Waals surface area contributed by atoms with E-state index in [0.717, 1.165) is 10.8 Å². The first-order valence-corrected chi connectivity index (χ1v) is 7.15. The molecule has 0 aliphatic rings. The highest BCUT2D eigenvalue weighted by molar-refractivity contribution is 7.89. The number of nitrogens with two attached hydrogens (primary N) is 1. The maximum Gasteiger partial charge on any atom is 0.243 e. The molecule has 0 atom stereocenters. The standard InChI is InChI=1S/C13H16N2O2S/c1-15(10-9-14)18(16,17)13-8-4-6-11-5-2-3-7-12(11)13/h2-8H,9-10,14H2,1H3. The molecule has 4 nitrogen and oxygen atoms in total. The topological polar surface area (TPSA) is 63.4 Å². The Kier molecular flexibility index (Phi) is 3.65. The molecule has 0 aromatic heterocycles. The van der Waals surface area contributed by atoms with Gasteiger partial charge in [0.05, 0.1) is 4.90 Å². The third-order valence-corrected chi connectivity index (χ3v) is 4.80. The highest BCUT2D eigenvalue weighted by Crippen LogP contribution is 2.24. The van der Waals surface area contributed by atoms with Crippen LogP contribution in [0.15, 0.2) is 47.4 Å². The van der Waals surface area contributed by atoms with Crippen molar-refractivity contribution in [2.24, 2.45) is 5.73 Å². The SMILES string of the molecule is CN(CCN)S(=O)(=O)c1cccc2ccccc12. The van der Waals surface area contributed by atoms with Crippen molar-refractivity contribution in [2.45, 2.75) is 4.90 Å². The number of hydrogen-bond donors (Lipinski definition) is 1. The molecule has 2 N–H and O–H groups in total. The van der Waals surface area contributed by atoms with Crippen molar-refractivity contribution in [2.75, 3.05) is 20.1 Å². The van der Waals surface area contributed by atoms with Crippen LogP contribution in [0.5, 0.6) is 0 Å². The van der Waals surface area contributed by atoms with Crippen molar-refractivity contribution >= 4 is 20.8 Å². The fraction of sp³-hybridized carbons (Fsp3) is 0.231. The Labute approximate surface area is 107 Å². The van der Waals surface area contributed by atoms with Crippen LogP contribution in [0.2, 0.25) is 0 Å². The zero-order valence-electron chi connectivity index (χ0n) is 10.2. The van der Waals surface area contributed by atoms with Gasteiger partial charge in [-0.1, -0.05) is 36.4 Å². The quantitative estimate of drug-likeness (QED) is 0.908. The van der Waals surface area contributed by atoms with E-state index < -0.39 is 10.0 Å². The van der Waals surface area contributed by atoms with Gasteiger partial charge in [0.25, 0.3) is 0 Å². The number of rotatable bonds is 4. The van der Waals surface area contributed by atoms with E-state index in [0.29, 0.717) is 18.0 Å². The fourth-order valence-corrected chi connectivity index (χ4v) is 3.29. The van der Waals surface area contributed by atoms with Crippen LogP contribution in [0.3, 0.4) is 0 Å². The average Bonchev–Trinajstić information content (AvgIpc) is 2.38. The minimum absolute atomic E-state index is 0.306. The van der Waals surface area contributed by atoms with Crippen LogP contribution >= 0.6 is 0 Å². The second kappa shape index (κ2) is 5.06. The molecule has 96 valence electrons. The van der Waals surface area contributed by atoms with E-state index in [1.807, 2.05) is 30.3 Å². The van der Waals surface area contributed by atoms with E-state index in [2.05, 4.69) is 0 Å². The first kappa shape index (κ1) is 13.0. The molecule has 0 saturated carbocycles. The van der Waals surface area contributed by atoms with Crippen LogP contribution in [0.25, 0.3) is 10.8 Å². The van der Waals surface area contributed by atoms with E-state index in [-0.39, 0.29) is 0 Å². The molecule has 0 heterocycles. The van der Waals surface area contributed by atoms with E-state index in [9.17, 15) is 8.42 Å². The monoisotopic (exact) mass is 264 g/mol. The summed E-state index contributed by atoms with van der Waals surface area (Å²) >= 11 is 0. The second-order valence-electron chi connectivity index (χ2n) is 4.09. The minimum Gasteiger partial charge on any atom is -0.329 e. The maximum atomic E-state index is 12.4. The molecule has 0 aliphatic carbocycles. The zero-order valence-corrected chi connectivity index (χ0v) is 11.0. The number of benzene rings is 2. The van der Waals surface area contributed by atoms with Crippen LogP contribution in [-0.2, 0) is 10.0 Å². The van der Waals surface area contributed by atoms with E-state index >= 15 is 0 Å². The molecule has 0 amide bonds. The molecular formula is C13H16N2O2S. The first-order chi connectivity index (χ1) is 8.57. The predicted octanol–water partition coefficient (Wildman–Crippen LogP) is 1.42.